The summed E-state index contributed by atoms with van der Waals surface area (Å²) >= 11 is 0. The van der Waals surface area contributed by atoms with E-state index in [0.29, 0.717) is 37.5 Å². The Labute approximate surface area is 201 Å². The van der Waals surface area contributed by atoms with Gasteiger partial charge in [0.2, 0.25) is 5.89 Å². The number of aromatic nitrogens is 1. The molecule has 6 heteroatoms. The lowest BCUT2D eigenvalue weighted by Gasteiger charge is -2.31. The highest BCUT2D eigenvalue weighted by atomic mass is 16.5. The molecule has 3 aromatic rings. The fourth-order valence-electron chi connectivity index (χ4n) is 4.63. The Bertz CT molecular complexity index is 1120. The topological polar surface area (TPSA) is 81.8 Å². The third kappa shape index (κ3) is 5.86. The number of benzene rings is 2. The number of hydrogen-bond acceptors (Lipinski definition) is 5. The average molecular weight is 466 g/mol. The van der Waals surface area contributed by atoms with Crippen molar-refractivity contribution in [3.63, 3.8) is 0 Å². The van der Waals surface area contributed by atoms with Crippen LogP contribution in [-0.2, 0) is 27.3 Å². The molecule has 0 bridgehead atoms. The van der Waals surface area contributed by atoms with Gasteiger partial charge in [-0.15, -0.1) is 0 Å². The predicted molar refractivity (Wildman–Crippen MR) is 132 cm³/mol. The minimum absolute atomic E-state index is 0.374. The van der Waals surface area contributed by atoms with Crippen LogP contribution < -0.4 is 0 Å². The van der Waals surface area contributed by atoms with Crippen LogP contribution in [0.25, 0.3) is 22.2 Å². The number of hydrogen-bond donors (Lipinski definition) is 1. The second kappa shape index (κ2) is 10.7. The van der Waals surface area contributed by atoms with Gasteiger partial charge in [0.15, 0.2) is 5.60 Å². The zero-order valence-electron chi connectivity index (χ0n) is 20.4. The van der Waals surface area contributed by atoms with Gasteiger partial charge in [-0.25, -0.2) is 9.78 Å². The van der Waals surface area contributed by atoms with Gasteiger partial charge >= 0.3 is 5.97 Å². The number of aliphatic carboxylic acids is 1. The van der Waals surface area contributed by atoms with Crippen LogP contribution >= 0.6 is 0 Å². The number of rotatable bonds is 10. The molecule has 1 saturated carbocycles. The molecule has 0 radical (unpaired) electrons. The number of carboxylic acid groups (broad SMARTS) is 1. The van der Waals surface area contributed by atoms with E-state index in [4.69, 9.17) is 18.9 Å². The van der Waals surface area contributed by atoms with Gasteiger partial charge in [-0.1, -0.05) is 43.7 Å². The van der Waals surface area contributed by atoms with Gasteiger partial charge in [-0.3, -0.25) is 0 Å². The molecular weight excluding hydrogens is 430 g/mol. The fraction of sp³-hybridized carbons (Fsp3) is 0.500. The summed E-state index contributed by atoms with van der Waals surface area (Å²) < 4.78 is 17.9. The smallest absolute Gasteiger partial charge is 0.335 e. The maximum atomic E-state index is 11.3. The highest BCUT2D eigenvalue weighted by Gasteiger charge is 2.30. The van der Waals surface area contributed by atoms with E-state index in [1.807, 2.05) is 18.2 Å². The first-order valence-electron chi connectivity index (χ1n) is 12.3. The Morgan fingerprint density at radius 1 is 1.12 bits per heavy atom. The molecule has 1 aromatic heterocycles. The minimum atomic E-state index is -1.14. The molecule has 0 spiro atoms. The first kappa shape index (κ1) is 24.4. The first-order chi connectivity index (χ1) is 16.4. The Kier molecular flexibility index (Phi) is 7.69. The Hall–Kier alpha value is -2.70. The summed E-state index contributed by atoms with van der Waals surface area (Å²) in [7, 11) is 0. The third-order valence-corrected chi connectivity index (χ3v) is 6.77. The number of fused-ring (bicyclic) bond motifs is 1. The highest BCUT2D eigenvalue weighted by molar-refractivity contribution is 5.86. The van der Waals surface area contributed by atoms with Crippen molar-refractivity contribution in [1.29, 1.82) is 0 Å². The summed E-state index contributed by atoms with van der Waals surface area (Å²) in [5, 5.41) is 11.6. The monoisotopic (exact) mass is 465 g/mol. The van der Waals surface area contributed by atoms with Crippen LogP contribution in [0.5, 0.6) is 0 Å². The molecule has 0 aliphatic heterocycles. The second-order valence-electron chi connectivity index (χ2n) is 9.84. The fourth-order valence-corrected chi connectivity index (χ4v) is 4.63. The van der Waals surface area contributed by atoms with Gasteiger partial charge in [-0.2, -0.15) is 0 Å². The zero-order chi connectivity index (χ0) is 24.1. The number of oxazole rings is 1. The van der Waals surface area contributed by atoms with Crippen LogP contribution in [0.1, 0.15) is 57.9 Å². The molecule has 1 aliphatic carbocycles. The minimum Gasteiger partial charge on any atom is -0.479 e. The Morgan fingerprint density at radius 2 is 1.85 bits per heavy atom. The number of nitrogens with zero attached hydrogens (tertiary/aromatic N) is 1. The van der Waals surface area contributed by atoms with Gasteiger partial charge < -0.3 is 19.0 Å². The lowest BCUT2D eigenvalue weighted by atomic mass is 9.82. The van der Waals surface area contributed by atoms with E-state index in [1.54, 1.807) is 13.8 Å². The predicted octanol–water partition coefficient (Wildman–Crippen LogP) is 6.26. The summed E-state index contributed by atoms with van der Waals surface area (Å²) in [4.78, 5) is 16.0. The number of carboxylic acids is 1. The van der Waals surface area contributed by atoms with Crippen LogP contribution in [0.15, 0.2) is 46.9 Å². The van der Waals surface area contributed by atoms with E-state index in [-0.39, 0.29) is 0 Å². The highest BCUT2D eigenvalue weighted by Crippen LogP contribution is 2.31. The van der Waals surface area contributed by atoms with Crippen molar-refractivity contribution in [1.82, 2.24) is 4.98 Å². The molecule has 1 heterocycles. The Balaban J connectivity index is 1.33. The van der Waals surface area contributed by atoms with Crippen LogP contribution in [0.2, 0.25) is 0 Å². The van der Waals surface area contributed by atoms with Crippen molar-refractivity contribution in [2.75, 3.05) is 13.2 Å². The maximum absolute atomic E-state index is 11.3. The van der Waals surface area contributed by atoms with Crippen LogP contribution in [0.3, 0.4) is 0 Å². The summed E-state index contributed by atoms with van der Waals surface area (Å²) in [5.74, 6) is 1.41. The van der Waals surface area contributed by atoms with Crippen molar-refractivity contribution in [3.8, 4) is 11.5 Å². The molecule has 182 valence electrons. The van der Waals surface area contributed by atoms with Crippen molar-refractivity contribution in [3.05, 3.63) is 53.9 Å². The van der Waals surface area contributed by atoms with Gasteiger partial charge in [0.1, 0.15) is 11.5 Å². The second-order valence-corrected chi connectivity index (χ2v) is 9.84. The molecule has 1 aliphatic rings. The quantitative estimate of drug-likeness (QED) is 0.381. The van der Waals surface area contributed by atoms with Crippen molar-refractivity contribution in [2.24, 2.45) is 11.8 Å². The molecule has 34 heavy (non-hydrogen) atoms. The molecule has 0 amide bonds. The standard InChI is InChI=1S/C28H35NO5/c1-4-25-24(29-26(34-25)23-13-12-21-10-5-6-11-22(21)15-23)18-32-16-19-8-7-9-20(14-19)17-33-28(2,3)27(30)31/h5-6,10-13,15,19-20H,4,7-9,14,16-18H2,1-3H3,(H,30,31). The third-order valence-electron chi connectivity index (χ3n) is 6.77. The summed E-state index contributed by atoms with van der Waals surface area (Å²) in [5.41, 5.74) is 0.694. The molecule has 6 nitrogen and oxygen atoms in total. The van der Waals surface area contributed by atoms with E-state index in [9.17, 15) is 9.90 Å². The van der Waals surface area contributed by atoms with Gasteiger partial charge in [0, 0.05) is 18.6 Å². The van der Waals surface area contributed by atoms with E-state index < -0.39 is 11.6 Å². The van der Waals surface area contributed by atoms with Crippen LogP contribution in [0.4, 0.5) is 0 Å². The molecule has 0 saturated heterocycles. The summed E-state index contributed by atoms with van der Waals surface area (Å²) in [6.07, 6.45) is 5.08. The molecule has 1 N–H and O–H groups in total. The summed E-state index contributed by atoms with van der Waals surface area (Å²) in [6.45, 7) is 6.86. The Morgan fingerprint density at radius 3 is 2.59 bits per heavy atom. The van der Waals surface area contributed by atoms with E-state index >= 15 is 0 Å². The molecular formula is C28H35NO5. The number of aryl methyl sites for hydroxylation is 1. The maximum Gasteiger partial charge on any atom is 0.335 e. The van der Waals surface area contributed by atoms with Crippen molar-refractivity contribution >= 4 is 16.7 Å². The van der Waals surface area contributed by atoms with E-state index in [1.165, 1.54) is 5.39 Å². The van der Waals surface area contributed by atoms with E-state index in [0.717, 1.165) is 54.5 Å². The largest absolute Gasteiger partial charge is 0.479 e. The first-order valence-corrected chi connectivity index (χ1v) is 12.3. The molecule has 1 fully saturated rings. The molecule has 2 unspecified atom stereocenters. The normalized spacial score (nSPS) is 18.9. The van der Waals surface area contributed by atoms with Crippen LogP contribution in [0, 0.1) is 11.8 Å². The number of ether oxygens (including phenoxy) is 2. The molecule has 4 rings (SSSR count). The van der Waals surface area contributed by atoms with Crippen molar-refractivity contribution < 1.29 is 23.8 Å². The lowest BCUT2D eigenvalue weighted by Crippen LogP contribution is -2.37. The molecule has 2 atom stereocenters. The number of carbonyl (C=O) groups is 1. The average Bonchev–Trinajstić information content (AvgIpc) is 3.26. The van der Waals surface area contributed by atoms with Gasteiger partial charge in [-0.05, 0) is 67.9 Å². The summed E-state index contributed by atoms with van der Waals surface area (Å²) in [6, 6.07) is 14.5. The van der Waals surface area contributed by atoms with Crippen LogP contribution in [-0.4, -0.2) is 34.9 Å². The zero-order valence-corrected chi connectivity index (χ0v) is 20.4. The van der Waals surface area contributed by atoms with Gasteiger partial charge in [0.25, 0.3) is 0 Å². The van der Waals surface area contributed by atoms with Gasteiger partial charge in [0.05, 0.1) is 13.2 Å². The lowest BCUT2D eigenvalue weighted by molar-refractivity contribution is -0.163. The van der Waals surface area contributed by atoms with Crippen molar-refractivity contribution in [2.45, 2.75) is 65.1 Å². The molecule has 2 aromatic carbocycles. The SMILES string of the molecule is CCc1oc(-c2ccc3ccccc3c2)nc1COCC1CCCC(COC(C)(C)C(=O)O)C1. The van der Waals surface area contributed by atoms with E-state index in [2.05, 4.69) is 31.2 Å².